The van der Waals surface area contributed by atoms with Gasteiger partial charge in [-0.2, -0.15) is 0 Å². The summed E-state index contributed by atoms with van der Waals surface area (Å²) in [6.45, 7) is 1.36. The number of aromatic nitrogens is 1. The molecule has 0 saturated heterocycles. The van der Waals surface area contributed by atoms with Gasteiger partial charge in [0.2, 0.25) is 5.90 Å². The molecule has 0 bridgehead atoms. The molecule has 86 valence electrons. The lowest BCUT2D eigenvalue weighted by Crippen LogP contribution is -2.00. The van der Waals surface area contributed by atoms with Crippen LogP contribution in [0.3, 0.4) is 0 Å². The van der Waals surface area contributed by atoms with Gasteiger partial charge >= 0.3 is 0 Å². The molecule has 0 radical (unpaired) electrons. The first-order chi connectivity index (χ1) is 8.33. The fourth-order valence-electron chi connectivity index (χ4n) is 1.74. The number of anilines is 1. The number of hydrogen-bond acceptors (Lipinski definition) is 5. The Morgan fingerprint density at radius 2 is 2.06 bits per heavy atom. The van der Waals surface area contributed by atoms with Gasteiger partial charge in [-0.15, -0.1) is 0 Å². The van der Waals surface area contributed by atoms with E-state index < -0.39 is 0 Å². The zero-order valence-electron chi connectivity index (χ0n) is 9.09. The summed E-state index contributed by atoms with van der Waals surface area (Å²) in [4.78, 5) is 4.27. The summed E-state index contributed by atoms with van der Waals surface area (Å²) in [6.07, 6.45) is 0. The normalized spacial score (nSPS) is 14.5. The number of aliphatic imine (C=N–C) groups is 1. The van der Waals surface area contributed by atoms with E-state index in [1.165, 1.54) is 0 Å². The predicted octanol–water partition coefficient (Wildman–Crippen LogP) is 1.70. The van der Waals surface area contributed by atoms with Gasteiger partial charge in [-0.1, -0.05) is 17.3 Å². The van der Waals surface area contributed by atoms with Crippen LogP contribution >= 0.6 is 0 Å². The van der Waals surface area contributed by atoms with Crippen molar-refractivity contribution in [2.45, 2.75) is 0 Å². The standard InChI is InChI=1S/C12H11N3O2/c13-11-7-10(17-15-11)8-2-1-3-9(6-8)12-14-4-5-16-12/h1-3,6-7H,4-5H2,(H2,13,15). The number of nitrogen functional groups attached to an aromatic ring is 1. The van der Waals surface area contributed by atoms with Gasteiger partial charge in [0.15, 0.2) is 11.6 Å². The fraction of sp³-hybridized carbons (Fsp3) is 0.167. The summed E-state index contributed by atoms with van der Waals surface area (Å²) < 4.78 is 10.5. The molecule has 2 aromatic rings. The first-order valence-corrected chi connectivity index (χ1v) is 5.33. The Labute approximate surface area is 97.9 Å². The third-order valence-electron chi connectivity index (χ3n) is 2.51. The van der Waals surface area contributed by atoms with E-state index in [9.17, 15) is 0 Å². The van der Waals surface area contributed by atoms with E-state index in [2.05, 4.69) is 10.1 Å². The maximum absolute atomic E-state index is 5.52. The second-order valence-electron chi connectivity index (χ2n) is 3.73. The number of hydrogen-bond donors (Lipinski definition) is 1. The van der Waals surface area contributed by atoms with E-state index in [-0.39, 0.29) is 0 Å². The quantitative estimate of drug-likeness (QED) is 0.850. The van der Waals surface area contributed by atoms with E-state index in [0.717, 1.165) is 17.7 Å². The molecule has 0 fully saturated rings. The highest BCUT2D eigenvalue weighted by Gasteiger charge is 2.12. The Bertz CT molecular complexity index is 575. The van der Waals surface area contributed by atoms with Crippen molar-refractivity contribution in [3.63, 3.8) is 0 Å². The summed E-state index contributed by atoms with van der Waals surface area (Å²) in [5.41, 5.74) is 7.37. The SMILES string of the molecule is Nc1cc(-c2cccc(C3=NCCO3)c2)on1. The third kappa shape index (κ3) is 1.87. The highest BCUT2D eigenvalue weighted by Crippen LogP contribution is 2.23. The van der Waals surface area contributed by atoms with Crippen LogP contribution in [0.1, 0.15) is 5.56 Å². The molecule has 17 heavy (non-hydrogen) atoms. The molecule has 0 spiro atoms. The molecule has 0 amide bonds. The van der Waals surface area contributed by atoms with Gasteiger partial charge in [0.25, 0.3) is 0 Å². The van der Waals surface area contributed by atoms with Gasteiger partial charge in [-0.3, -0.25) is 0 Å². The van der Waals surface area contributed by atoms with Crippen LogP contribution in [0.15, 0.2) is 39.8 Å². The number of ether oxygens (including phenoxy) is 1. The highest BCUT2D eigenvalue weighted by molar-refractivity contribution is 5.96. The summed E-state index contributed by atoms with van der Waals surface area (Å²) >= 11 is 0. The average molecular weight is 229 g/mol. The summed E-state index contributed by atoms with van der Waals surface area (Å²) in [6, 6.07) is 9.44. The molecule has 5 heteroatoms. The molecule has 1 aromatic heterocycles. The summed E-state index contributed by atoms with van der Waals surface area (Å²) in [5, 5.41) is 3.66. The van der Waals surface area contributed by atoms with E-state index in [0.29, 0.717) is 24.1 Å². The molecule has 0 aliphatic carbocycles. The van der Waals surface area contributed by atoms with Crippen molar-refractivity contribution in [2.75, 3.05) is 18.9 Å². The number of nitrogens with two attached hydrogens (primary N) is 1. The Morgan fingerprint density at radius 1 is 1.18 bits per heavy atom. The van der Waals surface area contributed by atoms with Crippen LogP contribution in [0.5, 0.6) is 0 Å². The first kappa shape index (κ1) is 9.89. The minimum atomic E-state index is 0.375. The topological polar surface area (TPSA) is 73.6 Å². The highest BCUT2D eigenvalue weighted by atomic mass is 16.5. The smallest absolute Gasteiger partial charge is 0.216 e. The van der Waals surface area contributed by atoms with Crippen LogP contribution in [-0.4, -0.2) is 24.2 Å². The maximum atomic E-state index is 5.52. The Morgan fingerprint density at radius 3 is 2.76 bits per heavy atom. The molecule has 0 saturated carbocycles. The van der Waals surface area contributed by atoms with Crippen LogP contribution < -0.4 is 5.73 Å². The molecule has 2 heterocycles. The maximum Gasteiger partial charge on any atom is 0.216 e. The van der Waals surface area contributed by atoms with Crippen molar-refractivity contribution >= 4 is 11.7 Å². The van der Waals surface area contributed by atoms with Crippen molar-refractivity contribution < 1.29 is 9.26 Å². The van der Waals surface area contributed by atoms with Crippen molar-refractivity contribution in [2.24, 2.45) is 4.99 Å². The zero-order chi connectivity index (χ0) is 11.7. The van der Waals surface area contributed by atoms with Crippen LogP contribution in [0.25, 0.3) is 11.3 Å². The monoisotopic (exact) mass is 229 g/mol. The molecular weight excluding hydrogens is 218 g/mol. The van der Waals surface area contributed by atoms with E-state index in [1.54, 1.807) is 6.07 Å². The summed E-state index contributed by atoms with van der Waals surface area (Å²) in [5.74, 6) is 1.70. The van der Waals surface area contributed by atoms with Crippen molar-refractivity contribution in [1.29, 1.82) is 0 Å². The van der Waals surface area contributed by atoms with Gasteiger partial charge in [0.1, 0.15) is 6.61 Å². The molecule has 5 nitrogen and oxygen atoms in total. The molecular formula is C12H11N3O2. The molecule has 0 atom stereocenters. The van der Waals surface area contributed by atoms with Crippen LogP contribution in [0.2, 0.25) is 0 Å². The van der Waals surface area contributed by atoms with Gasteiger partial charge in [0.05, 0.1) is 6.54 Å². The van der Waals surface area contributed by atoms with Crippen LogP contribution in [0.4, 0.5) is 5.82 Å². The third-order valence-corrected chi connectivity index (χ3v) is 2.51. The lowest BCUT2D eigenvalue weighted by molar-refractivity contribution is 0.348. The van der Waals surface area contributed by atoms with Crippen LogP contribution in [0, 0.1) is 0 Å². The fourth-order valence-corrected chi connectivity index (χ4v) is 1.74. The number of benzene rings is 1. The Kier molecular flexibility index (Phi) is 2.29. The van der Waals surface area contributed by atoms with Crippen molar-refractivity contribution in [3.8, 4) is 11.3 Å². The van der Waals surface area contributed by atoms with E-state index >= 15 is 0 Å². The molecule has 1 aliphatic heterocycles. The lowest BCUT2D eigenvalue weighted by atomic mass is 10.1. The number of rotatable bonds is 2. The average Bonchev–Trinajstić information content (AvgIpc) is 3.00. The largest absolute Gasteiger partial charge is 0.476 e. The lowest BCUT2D eigenvalue weighted by Gasteiger charge is -2.02. The molecule has 2 N–H and O–H groups in total. The molecule has 3 rings (SSSR count). The van der Waals surface area contributed by atoms with Gasteiger partial charge in [-0.25, -0.2) is 4.99 Å². The van der Waals surface area contributed by atoms with Gasteiger partial charge in [-0.05, 0) is 12.1 Å². The second kappa shape index (κ2) is 3.93. The number of nitrogens with zero attached hydrogens (tertiary/aromatic N) is 2. The Hall–Kier alpha value is -2.30. The summed E-state index contributed by atoms with van der Waals surface area (Å²) in [7, 11) is 0. The zero-order valence-corrected chi connectivity index (χ0v) is 9.09. The Balaban J connectivity index is 1.99. The van der Waals surface area contributed by atoms with Gasteiger partial charge < -0.3 is 15.0 Å². The second-order valence-corrected chi connectivity index (χ2v) is 3.73. The van der Waals surface area contributed by atoms with Crippen molar-refractivity contribution in [1.82, 2.24) is 5.16 Å². The van der Waals surface area contributed by atoms with Crippen LogP contribution in [-0.2, 0) is 4.74 Å². The molecule has 0 unspecified atom stereocenters. The minimum Gasteiger partial charge on any atom is -0.476 e. The molecule has 1 aromatic carbocycles. The van der Waals surface area contributed by atoms with E-state index in [4.69, 9.17) is 15.0 Å². The van der Waals surface area contributed by atoms with Gasteiger partial charge in [0, 0.05) is 17.2 Å². The minimum absolute atomic E-state index is 0.375. The molecule has 1 aliphatic rings. The van der Waals surface area contributed by atoms with E-state index in [1.807, 2.05) is 24.3 Å². The van der Waals surface area contributed by atoms with Crippen molar-refractivity contribution in [3.05, 3.63) is 35.9 Å². The first-order valence-electron chi connectivity index (χ1n) is 5.33. The predicted molar refractivity (Wildman–Crippen MR) is 63.7 cm³/mol.